The summed E-state index contributed by atoms with van der Waals surface area (Å²) >= 11 is 0. The minimum absolute atomic E-state index is 0.485. The van der Waals surface area contributed by atoms with E-state index < -0.39 is 0 Å². The monoisotopic (exact) mass is 281 g/mol. The van der Waals surface area contributed by atoms with E-state index in [0.29, 0.717) is 32.5 Å². The van der Waals surface area contributed by atoms with E-state index in [1.807, 2.05) is 19.1 Å². The highest BCUT2D eigenvalue weighted by Crippen LogP contribution is 2.13. The molecule has 0 radical (unpaired) electrons. The fourth-order valence-electron chi connectivity index (χ4n) is 1.65. The molecule has 0 unspecified atom stereocenters. The van der Waals surface area contributed by atoms with Gasteiger partial charge in [0.25, 0.3) is 0 Å². The first-order chi connectivity index (χ1) is 9.72. The second-order valence-corrected chi connectivity index (χ2v) is 4.84. The topological polar surface area (TPSA) is 39.7 Å². The molecule has 0 saturated heterocycles. The van der Waals surface area contributed by atoms with Gasteiger partial charge in [-0.2, -0.15) is 0 Å². The molecule has 1 aromatic rings. The van der Waals surface area contributed by atoms with Crippen molar-refractivity contribution in [1.29, 1.82) is 0 Å². The molecule has 0 aliphatic rings. The molecule has 0 aliphatic heterocycles. The van der Waals surface area contributed by atoms with Crippen LogP contribution in [0.25, 0.3) is 0 Å². The summed E-state index contributed by atoms with van der Waals surface area (Å²) in [7, 11) is 0. The zero-order valence-electron chi connectivity index (χ0n) is 12.9. The summed E-state index contributed by atoms with van der Waals surface area (Å²) in [5, 5.41) is 3.39. The molecule has 4 heteroatoms. The predicted octanol–water partition coefficient (Wildman–Crippen LogP) is 2.62. The summed E-state index contributed by atoms with van der Waals surface area (Å²) in [5.74, 6) is 0.890. The van der Waals surface area contributed by atoms with Crippen LogP contribution in [0.3, 0.4) is 0 Å². The molecule has 0 heterocycles. The zero-order valence-corrected chi connectivity index (χ0v) is 12.9. The summed E-state index contributed by atoms with van der Waals surface area (Å²) < 4.78 is 16.3. The van der Waals surface area contributed by atoms with Crippen molar-refractivity contribution in [2.45, 2.75) is 33.4 Å². The van der Waals surface area contributed by atoms with Gasteiger partial charge in [0.1, 0.15) is 12.4 Å². The number of hydrogen-bond donors (Lipinski definition) is 1. The number of rotatable bonds is 11. The Morgan fingerprint density at radius 2 is 1.80 bits per heavy atom. The van der Waals surface area contributed by atoms with Crippen molar-refractivity contribution in [2.75, 3.05) is 33.0 Å². The van der Waals surface area contributed by atoms with Crippen molar-refractivity contribution in [3.05, 3.63) is 29.8 Å². The molecule has 4 nitrogen and oxygen atoms in total. The van der Waals surface area contributed by atoms with E-state index in [0.717, 1.165) is 18.9 Å². The van der Waals surface area contributed by atoms with Gasteiger partial charge in [0.2, 0.25) is 0 Å². The number of benzene rings is 1. The quantitative estimate of drug-likeness (QED) is 0.633. The molecule has 1 rings (SSSR count). The van der Waals surface area contributed by atoms with Crippen LogP contribution in [0.5, 0.6) is 5.75 Å². The van der Waals surface area contributed by atoms with Crippen LogP contribution in [0.2, 0.25) is 0 Å². The highest BCUT2D eigenvalue weighted by Gasteiger charge is 1.99. The van der Waals surface area contributed by atoms with Crippen LogP contribution < -0.4 is 10.1 Å². The fraction of sp³-hybridized carbons (Fsp3) is 0.625. The van der Waals surface area contributed by atoms with Gasteiger partial charge < -0.3 is 19.5 Å². The normalized spacial score (nSPS) is 11.0. The van der Waals surface area contributed by atoms with E-state index in [1.54, 1.807) is 0 Å². The van der Waals surface area contributed by atoms with Gasteiger partial charge >= 0.3 is 0 Å². The highest BCUT2D eigenvalue weighted by molar-refractivity contribution is 5.28. The van der Waals surface area contributed by atoms with Gasteiger partial charge in [0.15, 0.2) is 0 Å². The first-order valence-electron chi connectivity index (χ1n) is 7.33. The van der Waals surface area contributed by atoms with Crippen molar-refractivity contribution in [3.8, 4) is 5.75 Å². The number of ether oxygens (including phenoxy) is 3. The third-order valence-electron chi connectivity index (χ3n) is 2.69. The molecule has 0 amide bonds. The Bertz CT molecular complexity index is 355. The summed E-state index contributed by atoms with van der Waals surface area (Å²) in [4.78, 5) is 0. The molecule has 0 aromatic heterocycles. The molecule has 0 saturated carbocycles. The predicted molar refractivity (Wildman–Crippen MR) is 81.2 cm³/mol. The molecule has 0 spiro atoms. The number of nitrogens with one attached hydrogen (secondary N) is 1. The van der Waals surface area contributed by atoms with Crippen LogP contribution in [-0.4, -0.2) is 39.1 Å². The molecular weight excluding hydrogens is 254 g/mol. The van der Waals surface area contributed by atoms with E-state index in [9.17, 15) is 0 Å². The fourth-order valence-corrected chi connectivity index (χ4v) is 1.65. The molecule has 0 bridgehead atoms. The van der Waals surface area contributed by atoms with Gasteiger partial charge in [-0.25, -0.2) is 0 Å². The van der Waals surface area contributed by atoms with Crippen molar-refractivity contribution in [1.82, 2.24) is 5.32 Å². The second kappa shape index (κ2) is 10.7. The lowest BCUT2D eigenvalue weighted by Gasteiger charge is -2.11. The van der Waals surface area contributed by atoms with Crippen LogP contribution >= 0.6 is 0 Å². The van der Waals surface area contributed by atoms with Gasteiger partial charge in [0, 0.05) is 19.2 Å². The molecule has 0 fully saturated rings. The molecule has 1 aromatic carbocycles. The van der Waals surface area contributed by atoms with Gasteiger partial charge in [0.05, 0.1) is 19.8 Å². The Morgan fingerprint density at radius 1 is 1.05 bits per heavy atom. The van der Waals surface area contributed by atoms with E-state index in [2.05, 4.69) is 31.3 Å². The summed E-state index contributed by atoms with van der Waals surface area (Å²) in [5.41, 5.74) is 1.23. The maximum Gasteiger partial charge on any atom is 0.119 e. The van der Waals surface area contributed by atoms with E-state index >= 15 is 0 Å². The summed E-state index contributed by atoms with van der Waals surface area (Å²) in [6.45, 7) is 10.3. The maximum atomic E-state index is 5.67. The van der Waals surface area contributed by atoms with E-state index in [-0.39, 0.29) is 0 Å². The average molecular weight is 281 g/mol. The van der Waals surface area contributed by atoms with Crippen molar-refractivity contribution in [3.63, 3.8) is 0 Å². The molecule has 1 N–H and O–H groups in total. The van der Waals surface area contributed by atoms with Crippen molar-refractivity contribution in [2.24, 2.45) is 0 Å². The van der Waals surface area contributed by atoms with Gasteiger partial charge in [-0.1, -0.05) is 26.0 Å². The first kappa shape index (κ1) is 17.0. The van der Waals surface area contributed by atoms with Gasteiger partial charge in [-0.3, -0.25) is 0 Å². The van der Waals surface area contributed by atoms with E-state index in [1.165, 1.54) is 5.56 Å². The summed E-state index contributed by atoms with van der Waals surface area (Å²) in [6, 6.07) is 8.64. The smallest absolute Gasteiger partial charge is 0.119 e. The number of hydrogen-bond acceptors (Lipinski definition) is 4. The lowest BCUT2D eigenvalue weighted by Crippen LogP contribution is -2.21. The molecule has 0 atom stereocenters. The van der Waals surface area contributed by atoms with Crippen LogP contribution in [0, 0.1) is 0 Å². The third kappa shape index (κ3) is 8.15. The Kier molecular flexibility index (Phi) is 9.04. The van der Waals surface area contributed by atoms with Crippen LogP contribution in [-0.2, 0) is 16.0 Å². The zero-order chi connectivity index (χ0) is 14.6. The van der Waals surface area contributed by atoms with Crippen molar-refractivity contribution >= 4 is 0 Å². The largest absolute Gasteiger partial charge is 0.491 e. The Morgan fingerprint density at radius 3 is 2.55 bits per heavy atom. The van der Waals surface area contributed by atoms with Crippen LogP contribution in [0.4, 0.5) is 0 Å². The first-order valence-corrected chi connectivity index (χ1v) is 7.33. The third-order valence-corrected chi connectivity index (χ3v) is 2.69. The average Bonchev–Trinajstić information content (AvgIpc) is 2.45. The second-order valence-electron chi connectivity index (χ2n) is 4.84. The van der Waals surface area contributed by atoms with Gasteiger partial charge in [-0.05, 0) is 24.6 Å². The highest BCUT2D eigenvalue weighted by atomic mass is 16.5. The van der Waals surface area contributed by atoms with Crippen LogP contribution in [0.15, 0.2) is 24.3 Å². The van der Waals surface area contributed by atoms with Crippen LogP contribution in [0.1, 0.15) is 26.3 Å². The minimum atomic E-state index is 0.485. The summed E-state index contributed by atoms with van der Waals surface area (Å²) in [6.07, 6.45) is 0. The standard InChI is InChI=1S/C16H27NO3/c1-4-18-8-9-19-10-11-20-16-7-5-6-15(12-16)13-17-14(2)3/h5-7,12,14,17H,4,8-11,13H2,1-3H3. The van der Waals surface area contributed by atoms with E-state index in [4.69, 9.17) is 14.2 Å². The molecule has 20 heavy (non-hydrogen) atoms. The lowest BCUT2D eigenvalue weighted by molar-refractivity contribution is 0.0405. The Balaban J connectivity index is 2.18. The van der Waals surface area contributed by atoms with Gasteiger partial charge in [-0.15, -0.1) is 0 Å². The molecular formula is C16H27NO3. The Hall–Kier alpha value is -1.10. The minimum Gasteiger partial charge on any atom is -0.491 e. The maximum absolute atomic E-state index is 5.67. The molecule has 0 aliphatic carbocycles. The Labute approximate surface area is 122 Å². The lowest BCUT2D eigenvalue weighted by atomic mass is 10.2. The molecule has 114 valence electrons. The van der Waals surface area contributed by atoms with Crippen molar-refractivity contribution < 1.29 is 14.2 Å². The SMILES string of the molecule is CCOCCOCCOc1cccc(CNC(C)C)c1.